The Morgan fingerprint density at radius 3 is 0.829 bits per heavy atom. The third-order valence-electron chi connectivity index (χ3n) is 12.4. The molecule has 5 heterocycles. The van der Waals surface area contributed by atoms with Gasteiger partial charge in [0, 0.05) is 33.9 Å². The lowest BCUT2D eigenvalue weighted by Gasteiger charge is -2.14. The van der Waals surface area contributed by atoms with Crippen molar-refractivity contribution in [1.82, 2.24) is 45.8 Å². The number of fused-ring (bicyclic) bond motifs is 2. The Bertz CT molecular complexity index is 2310. The molecule has 7 rings (SSSR count). The number of pyridine rings is 1. The van der Waals surface area contributed by atoms with Gasteiger partial charge in [0.2, 0.25) is 0 Å². The van der Waals surface area contributed by atoms with E-state index in [0.717, 1.165) is 50.9 Å². The van der Waals surface area contributed by atoms with Gasteiger partial charge in [0.25, 0.3) is 0 Å². The lowest BCUT2D eigenvalue weighted by molar-refractivity contribution is 0.714. The van der Waals surface area contributed by atoms with E-state index in [-0.39, 0.29) is 0 Å². The Hall–Kier alpha value is -5.57. The van der Waals surface area contributed by atoms with E-state index >= 15 is 0 Å². The summed E-state index contributed by atoms with van der Waals surface area (Å²) >= 11 is 0. The number of hydrogen-bond acceptors (Lipinski definition) is 9. The maximum absolute atomic E-state index is 4.38. The zero-order chi connectivity index (χ0) is 52.6. The molecule has 70 heavy (non-hydrogen) atoms. The van der Waals surface area contributed by atoms with E-state index in [0.29, 0.717) is 59.2 Å². The van der Waals surface area contributed by atoms with Crippen molar-refractivity contribution in [3.63, 3.8) is 0 Å². The Balaban J connectivity index is 0.000000233. The van der Waals surface area contributed by atoms with Crippen LogP contribution < -0.4 is 0 Å². The van der Waals surface area contributed by atoms with Gasteiger partial charge in [-0.2, -0.15) is 40.8 Å². The molecule has 0 saturated carbocycles. The van der Waals surface area contributed by atoms with Crippen LogP contribution in [0.1, 0.15) is 265 Å². The highest BCUT2D eigenvalue weighted by atomic mass is 15.1. The highest BCUT2D eigenvalue weighted by Crippen LogP contribution is 2.29. The van der Waals surface area contributed by atoms with Gasteiger partial charge in [-0.05, 0) is 113 Å². The minimum absolute atomic E-state index is 0.375. The highest BCUT2D eigenvalue weighted by Gasteiger charge is 2.16. The Morgan fingerprint density at radius 2 is 0.557 bits per heavy atom. The highest BCUT2D eigenvalue weighted by molar-refractivity contribution is 5.87. The van der Waals surface area contributed by atoms with Crippen LogP contribution in [0, 0.1) is 13.8 Å². The summed E-state index contributed by atoms with van der Waals surface area (Å²) in [5.41, 5.74) is 14.2. The first-order chi connectivity index (χ1) is 32.9. The smallest absolute Gasteiger partial charge is 0.0750 e. The molecule has 0 fully saturated rings. The lowest BCUT2D eigenvalue weighted by atomic mass is 9.97. The maximum Gasteiger partial charge on any atom is 0.0750 e. The molecule has 0 aliphatic rings. The molecule has 0 spiro atoms. The largest absolute Gasteiger partial charge is 0.264 e. The first-order valence-electron chi connectivity index (χ1n) is 26.0. The van der Waals surface area contributed by atoms with Crippen LogP contribution in [0.2, 0.25) is 0 Å². The van der Waals surface area contributed by atoms with Gasteiger partial charge in [0.15, 0.2) is 0 Å². The number of rotatable bonds is 10. The molecule has 2 aromatic carbocycles. The fourth-order valence-corrected chi connectivity index (χ4v) is 7.86. The van der Waals surface area contributed by atoms with Crippen LogP contribution in [0.4, 0.5) is 0 Å². The number of nitrogens with zero attached hydrogens (tertiary/aromatic N) is 9. The minimum atomic E-state index is 0.375. The molecule has 378 valence electrons. The van der Waals surface area contributed by atoms with Crippen LogP contribution in [0.15, 0.2) is 79.1 Å². The van der Waals surface area contributed by atoms with Crippen molar-refractivity contribution in [2.75, 3.05) is 0 Å². The van der Waals surface area contributed by atoms with E-state index < -0.39 is 0 Å². The summed E-state index contributed by atoms with van der Waals surface area (Å²) < 4.78 is 0. The maximum atomic E-state index is 4.38. The first-order valence-corrected chi connectivity index (χ1v) is 26.0. The van der Waals surface area contributed by atoms with Crippen molar-refractivity contribution in [3.8, 4) is 0 Å². The molecule has 0 unspecified atom stereocenters. The number of aromatic nitrogens is 9. The standard InChI is InChI=1S/C14H18N2.C13H17N3.C12H20N2.C12H18.C10H16N2/c1-9(2)13-11-7-5-6-8-12(11)14(10(3)4)16-15-13;1-8(2)12-10-5-6-14-7-11(10)13(9(3)4)16-15-12;1-7(2)11-9(5)10(6)12(8(3)4)14-13-11;1-9(2)11-5-7-12(8-6-11)10(3)4;1-7(2)9-5-6-10(8(3)4)12-11-9/h5-10H,1-4H3;5-9H,1-4H3;7-8H,1-6H3;5-10H,1-4H3;5-8H,1-4H3. The summed E-state index contributed by atoms with van der Waals surface area (Å²) in [6.07, 6.45) is 3.71. The van der Waals surface area contributed by atoms with Crippen molar-refractivity contribution in [2.45, 2.75) is 212 Å². The van der Waals surface area contributed by atoms with Gasteiger partial charge in [0.05, 0.1) is 45.6 Å². The summed E-state index contributed by atoms with van der Waals surface area (Å²) in [6.45, 7) is 47.5. The van der Waals surface area contributed by atoms with Gasteiger partial charge < -0.3 is 0 Å². The van der Waals surface area contributed by atoms with Crippen molar-refractivity contribution >= 4 is 21.5 Å². The SMILES string of the molecule is CC(C)c1ccc(C(C)C)cc1.CC(C)c1ccc(C(C)C)nn1.CC(C)c1nnc(C(C)C)c2ccccc12.CC(C)c1nnc(C(C)C)c2cnccc12.Cc1c(C(C)C)nnc(C(C)C)c1C. The second kappa shape index (κ2) is 27.7. The molecule has 5 aromatic heterocycles. The summed E-state index contributed by atoms with van der Waals surface area (Å²) in [7, 11) is 0. The average Bonchev–Trinajstić information content (AvgIpc) is 3.32. The fraction of sp³-hybridized carbons (Fsp3) is 0.525. The van der Waals surface area contributed by atoms with Gasteiger partial charge in [-0.3, -0.25) is 4.98 Å². The zero-order valence-corrected chi connectivity index (χ0v) is 47.3. The van der Waals surface area contributed by atoms with Crippen LogP contribution in [0.3, 0.4) is 0 Å². The lowest BCUT2D eigenvalue weighted by Crippen LogP contribution is -2.07. The Morgan fingerprint density at radius 1 is 0.271 bits per heavy atom. The van der Waals surface area contributed by atoms with Crippen molar-refractivity contribution in [1.29, 1.82) is 0 Å². The molecule has 9 nitrogen and oxygen atoms in total. The molecule has 0 bridgehead atoms. The van der Waals surface area contributed by atoms with Gasteiger partial charge in [-0.25, -0.2) is 0 Å². The van der Waals surface area contributed by atoms with E-state index in [1.54, 1.807) is 0 Å². The third kappa shape index (κ3) is 16.5. The molecule has 7 aromatic rings. The molecule has 9 heteroatoms. The second-order valence-corrected chi connectivity index (χ2v) is 21.7. The van der Waals surface area contributed by atoms with Gasteiger partial charge in [0.1, 0.15) is 0 Å². The molecule has 0 atom stereocenters. The van der Waals surface area contributed by atoms with E-state index in [1.165, 1.54) is 38.4 Å². The van der Waals surface area contributed by atoms with Crippen LogP contribution >= 0.6 is 0 Å². The molecule has 0 radical (unpaired) electrons. The van der Waals surface area contributed by atoms with Crippen LogP contribution in [-0.4, -0.2) is 45.8 Å². The predicted octanol–water partition coefficient (Wildman–Crippen LogP) is 17.1. The minimum Gasteiger partial charge on any atom is -0.264 e. The molecule has 0 N–H and O–H groups in total. The molecule has 0 saturated heterocycles. The summed E-state index contributed by atoms with van der Waals surface area (Å²) in [5.74, 6) is 4.75. The first kappa shape index (κ1) is 58.7. The van der Waals surface area contributed by atoms with Crippen LogP contribution in [0.25, 0.3) is 21.5 Å². The van der Waals surface area contributed by atoms with Gasteiger partial charge in [-0.15, -0.1) is 0 Å². The Kier molecular flexibility index (Phi) is 23.3. The summed E-state index contributed by atoms with van der Waals surface area (Å²) in [6, 6.07) is 23.5. The Labute approximate surface area is 424 Å². The van der Waals surface area contributed by atoms with Crippen molar-refractivity contribution in [2.24, 2.45) is 0 Å². The topological polar surface area (TPSA) is 116 Å². The van der Waals surface area contributed by atoms with E-state index in [4.69, 9.17) is 0 Å². The van der Waals surface area contributed by atoms with Gasteiger partial charge in [-0.1, -0.05) is 187 Å². The van der Waals surface area contributed by atoms with E-state index in [1.807, 2.05) is 18.5 Å². The van der Waals surface area contributed by atoms with Crippen LogP contribution in [-0.2, 0) is 0 Å². The molecule has 0 aliphatic carbocycles. The monoisotopic (exact) mass is 948 g/mol. The predicted molar refractivity (Wildman–Crippen MR) is 298 cm³/mol. The van der Waals surface area contributed by atoms with Crippen molar-refractivity contribution in [3.05, 3.63) is 147 Å². The third-order valence-corrected chi connectivity index (χ3v) is 12.4. The molecule has 0 amide bonds. The zero-order valence-electron chi connectivity index (χ0n) is 47.3. The number of hydrogen-bond donors (Lipinski definition) is 0. The van der Waals surface area contributed by atoms with Crippen LogP contribution in [0.5, 0.6) is 0 Å². The normalized spacial score (nSPS) is 11.4. The average molecular weight is 948 g/mol. The molecular formula is C61H89N9. The fourth-order valence-electron chi connectivity index (χ4n) is 7.86. The summed E-state index contributed by atoms with van der Waals surface area (Å²) in [4.78, 5) is 4.19. The second-order valence-electron chi connectivity index (χ2n) is 21.7. The van der Waals surface area contributed by atoms with E-state index in [2.05, 4.69) is 259 Å². The van der Waals surface area contributed by atoms with Gasteiger partial charge >= 0.3 is 0 Å². The number of benzene rings is 2. The molecule has 0 aliphatic heterocycles. The quantitative estimate of drug-likeness (QED) is 0.132. The molecular weight excluding hydrogens is 859 g/mol. The summed E-state index contributed by atoms with van der Waals surface area (Å²) in [5, 5.41) is 39.2. The van der Waals surface area contributed by atoms with E-state index in [9.17, 15) is 0 Å². The van der Waals surface area contributed by atoms with Crippen molar-refractivity contribution < 1.29 is 0 Å².